The molecule has 1 aliphatic carbocycles. The highest BCUT2D eigenvalue weighted by Gasteiger charge is 2.37. The fraction of sp³-hybridized carbons (Fsp3) is 0.520. The first-order valence-corrected chi connectivity index (χ1v) is 11.8. The number of hydrogen-bond acceptors (Lipinski definition) is 6. The minimum absolute atomic E-state index is 0.00542. The number of hydrogen-bond donors (Lipinski definition) is 0. The minimum atomic E-state index is -0.510. The molecule has 1 saturated heterocycles. The Morgan fingerprint density at radius 3 is 2.58 bits per heavy atom. The topological polar surface area (TPSA) is 76.4 Å². The Kier molecular flexibility index (Phi) is 5.26. The van der Waals surface area contributed by atoms with Crippen LogP contribution in [0.3, 0.4) is 0 Å². The van der Waals surface area contributed by atoms with Crippen molar-refractivity contribution in [1.29, 1.82) is 0 Å². The fourth-order valence-corrected chi connectivity index (χ4v) is 4.68. The third-order valence-electron chi connectivity index (χ3n) is 6.42. The lowest BCUT2D eigenvalue weighted by molar-refractivity contribution is 0.0130. The van der Waals surface area contributed by atoms with Crippen molar-refractivity contribution in [2.45, 2.75) is 71.1 Å². The lowest BCUT2D eigenvalue weighted by Gasteiger charge is -2.44. The van der Waals surface area contributed by atoms with Gasteiger partial charge in [0.05, 0.1) is 17.3 Å². The molecule has 2 aliphatic rings. The Balaban J connectivity index is 1.52. The summed E-state index contributed by atoms with van der Waals surface area (Å²) in [6, 6.07) is 4.10. The number of carbonyl (C=O) groups excluding carboxylic acids is 1. The molecule has 3 aromatic heterocycles. The number of fused-ring (bicyclic) bond motifs is 1. The summed E-state index contributed by atoms with van der Waals surface area (Å²) in [5.41, 5.74) is 2.70. The van der Waals surface area contributed by atoms with Crippen LogP contribution >= 0.6 is 0 Å². The van der Waals surface area contributed by atoms with Crippen LogP contribution in [0.25, 0.3) is 16.7 Å². The van der Waals surface area contributed by atoms with Gasteiger partial charge in [0.2, 0.25) is 0 Å². The molecule has 2 fully saturated rings. The van der Waals surface area contributed by atoms with Crippen LogP contribution in [0.5, 0.6) is 0 Å². The predicted molar refractivity (Wildman–Crippen MR) is 128 cm³/mol. The third-order valence-corrected chi connectivity index (χ3v) is 6.42. The zero-order valence-corrected chi connectivity index (χ0v) is 20.0. The van der Waals surface area contributed by atoms with Crippen molar-refractivity contribution in [2.24, 2.45) is 0 Å². The number of nitrogens with zero attached hydrogens (tertiary/aromatic N) is 6. The molecule has 8 nitrogen and oxygen atoms in total. The molecule has 4 heterocycles. The van der Waals surface area contributed by atoms with E-state index < -0.39 is 5.60 Å². The maximum absolute atomic E-state index is 12.8. The van der Waals surface area contributed by atoms with Crippen molar-refractivity contribution in [2.75, 3.05) is 18.0 Å². The molecule has 0 spiro atoms. The fourth-order valence-electron chi connectivity index (χ4n) is 4.68. The first-order chi connectivity index (χ1) is 15.7. The van der Waals surface area contributed by atoms with Crippen LogP contribution in [-0.2, 0) is 4.74 Å². The smallest absolute Gasteiger partial charge is 0.410 e. The standard InChI is InChI=1S/C25H32N6O2/c1-16-13-30(24(32)33-25(3,4)5)17(2)12-29(16)22-21-20(18-8-9-18)14-31(23(21)28-15-27-22)19-7-6-10-26-11-19/h6-7,10-11,14-18H,8-9,12-13H2,1-5H3/t16-,17+/m0/s1. The Bertz CT molecular complexity index is 1160. The van der Waals surface area contributed by atoms with E-state index in [2.05, 4.69) is 45.5 Å². The van der Waals surface area contributed by atoms with Gasteiger partial charge in [0, 0.05) is 37.6 Å². The van der Waals surface area contributed by atoms with Crippen LogP contribution in [0.15, 0.2) is 37.1 Å². The number of carbonyl (C=O) groups is 1. The zero-order chi connectivity index (χ0) is 23.3. The molecule has 2 atom stereocenters. The van der Waals surface area contributed by atoms with Gasteiger partial charge in [-0.1, -0.05) is 0 Å². The Morgan fingerprint density at radius 1 is 1.12 bits per heavy atom. The normalized spacial score (nSPS) is 21.5. The highest BCUT2D eigenvalue weighted by Crippen LogP contribution is 2.46. The molecule has 0 N–H and O–H groups in total. The molecule has 1 saturated carbocycles. The second-order valence-electron chi connectivity index (χ2n) is 10.3. The van der Waals surface area contributed by atoms with Crippen molar-refractivity contribution in [1.82, 2.24) is 24.4 Å². The highest BCUT2D eigenvalue weighted by atomic mass is 16.6. The lowest BCUT2D eigenvalue weighted by atomic mass is 10.1. The molecule has 33 heavy (non-hydrogen) atoms. The van der Waals surface area contributed by atoms with Crippen LogP contribution in [0.4, 0.5) is 10.6 Å². The van der Waals surface area contributed by atoms with E-state index in [0.29, 0.717) is 19.0 Å². The summed E-state index contributed by atoms with van der Waals surface area (Å²) >= 11 is 0. The van der Waals surface area contributed by atoms with Gasteiger partial charge >= 0.3 is 6.09 Å². The third kappa shape index (κ3) is 4.14. The molecular formula is C25H32N6O2. The molecule has 0 bridgehead atoms. The summed E-state index contributed by atoms with van der Waals surface area (Å²) in [6.45, 7) is 11.2. The number of ether oxygens (including phenoxy) is 1. The Labute approximate surface area is 194 Å². The molecule has 5 rings (SSSR count). The van der Waals surface area contributed by atoms with Gasteiger partial charge in [0.15, 0.2) is 0 Å². The highest BCUT2D eigenvalue weighted by molar-refractivity contribution is 5.93. The number of piperazine rings is 1. The van der Waals surface area contributed by atoms with E-state index in [1.807, 2.05) is 37.9 Å². The summed E-state index contributed by atoms with van der Waals surface area (Å²) < 4.78 is 7.78. The summed E-state index contributed by atoms with van der Waals surface area (Å²) in [5.74, 6) is 1.50. The van der Waals surface area contributed by atoms with Gasteiger partial charge in [-0.15, -0.1) is 0 Å². The van der Waals surface area contributed by atoms with E-state index in [9.17, 15) is 4.79 Å². The van der Waals surface area contributed by atoms with Gasteiger partial charge in [-0.25, -0.2) is 14.8 Å². The molecule has 174 valence electrons. The molecule has 1 aliphatic heterocycles. The Morgan fingerprint density at radius 2 is 1.91 bits per heavy atom. The molecule has 1 amide bonds. The van der Waals surface area contributed by atoms with Crippen LogP contribution in [0.1, 0.15) is 58.9 Å². The first-order valence-electron chi connectivity index (χ1n) is 11.8. The van der Waals surface area contributed by atoms with E-state index in [0.717, 1.165) is 22.5 Å². The first kappa shape index (κ1) is 21.7. The van der Waals surface area contributed by atoms with Crippen LogP contribution in [0.2, 0.25) is 0 Å². The molecular weight excluding hydrogens is 416 g/mol. The number of pyridine rings is 1. The maximum Gasteiger partial charge on any atom is 0.410 e. The summed E-state index contributed by atoms with van der Waals surface area (Å²) in [5, 5.41) is 1.12. The average molecular weight is 449 g/mol. The summed E-state index contributed by atoms with van der Waals surface area (Å²) in [7, 11) is 0. The SMILES string of the molecule is C[C@@H]1CN(c2ncnc3c2c(C2CC2)cn3-c2cccnc2)[C@@H](C)CN1C(=O)OC(C)(C)C. The predicted octanol–water partition coefficient (Wildman–Crippen LogP) is 4.53. The molecule has 0 aromatic carbocycles. The van der Waals surface area contributed by atoms with Gasteiger partial charge in [0.25, 0.3) is 0 Å². The van der Waals surface area contributed by atoms with Gasteiger partial charge in [-0.05, 0) is 71.1 Å². The lowest BCUT2D eigenvalue weighted by Crippen LogP contribution is -2.59. The molecule has 0 unspecified atom stereocenters. The van der Waals surface area contributed by atoms with Crippen molar-refractivity contribution in [3.63, 3.8) is 0 Å². The molecule has 0 radical (unpaired) electrons. The van der Waals surface area contributed by atoms with Gasteiger partial charge in [0.1, 0.15) is 23.4 Å². The van der Waals surface area contributed by atoms with Crippen LogP contribution in [-0.4, -0.2) is 61.3 Å². The zero-order valence-electron chi connectivity index (χ0n) is 20.0. The van der Waals surface area contributed by atoms with E-state index in [1.54, 1.807) is 12.5 Å². The van der Waals surface area contributed by atoms with Crippen molar-refractivity contribution in [3.05, 3.63) is 42.6 Å². The monoisotopic (exact) mass is 448 g/mol. The quantitative estimate of drug-likeness (QED) is 0.586. The number of rotatable bonds is 3. The molecule has 3 aromatic rings. The van der Waals surface area contributed by atoms with Gasteiger partial charge < -0.3 is 14.5 Å². The minimum Gasteiger partial charge on any atom is -0.444 e. The second kappa shape index (κ2) is 8.01. The van der Waals surface area contributed by atoms with Crippen LogP contribution in [0, 0.1) is 0 Å². The van der Waals surface area contributed by atoms with Gasteiger partial charge in [-0.3, -0.25) is 9.55 Å². The van der Waals surface area contributed by atoms with Gasteiger partial charge in [-0.2, -0.15) is 0 Å². The average Bonchev–Trinajstić information content (AvgIpc) is 3.54. The van der Waals surface area contributed by atoms with Crippen LogP contribution < -0.4 is 4.90 Å². The van der Waals surface area contributed by atoms with Crippen molar-refractivity contribution < 1.29 is 9.53 Å². The maximum atomic E-state index is 12.8. The Hall–Kier alpha value is -3.16. The van der Waals surface area contributed by atoms with E-state index in [-0.39, 0.29) is 18.2 Å². The largest absolute Gasteiger partial charge is 0.444 e. The van der Waals surface area contributed by atoms with E-state index >= 15 is 0 Å². The summed E-state index contributed by atoms with van der Waals surface area (Å²) in [4.78, 5) is 30.7. The second-order valence-corrected chi connectivity index (χ2v) is 10.3. The van der Waals surface area contributed by atoms with Crippen molar-refractivity contribution in [3.8, 4) is 5.69 Å². The molecule has 8 heteroatoms. The number of anilines is 1. The van der Waals surface area contributed by atoms with E-state index in [4.69, 9.17) is 9.72 Å². The number of aromatic nitrogens is 4. The van der Waals surface area contributed by atoms with E-state index in [1.165, 1.54) is 18.4 Å². The van der Waals surface area contributed by atoms with Crippen molar-refractivity contribution >= 4 is 22.9 Å². The number of amides is 1. The summed E-state index contributed by atoms with van der Waals surface area (Å²) in [6.07, 6.45) is 9.64.